The van der Waals surface area contributed by atoms with Gasteiger partial charge in [0.25, 0.3) is 5.91 Å². The number of halogens is 1. The first-order valence-electron chi connectivity index (χ1n) is 7.72. The molecular formula is C16H18ClN3OS. The van der Waals surface area contributed by atoms with E-state index in [1.807, 2.05) is 12.1 Å². The van der Waals surface area contributed by atoms with Crippen LogP contribution in [0.25, 0.3) is 10.1 Å². The third kappa shape index (κ3) is 2.41. The van der Waals surface area contributed by atoms with Crippen LogP contribution in [0.2, 0.25) is 4.34 Å². The van der Waals surface area contributed by atoms with Gasteiger partial charge in [-0.2, -0.15) is 0 Å². The van der Waals surface area contributed by atoms with Crippen LogP contribution in [0.5, 0.6) is 0 Å². The largest absolute Gasteiger partial charge is 0.346 e. The molecule has 0 aromatic carbocycles. The van der Waals surface area contributed by atoms with Gasteiger partial charge in [0.2, 0.25) is 0 Å². The molecule has 1 N–H and O–H groups in total. The minimum absolute atomic E-state index is 0.0722. The Bertz CT molecular complexity index is 721. The quantitative estimate of drug-likeness (QED) is 0.917. The second-order valence-corrected chi connectivity index (χ2v) is 7.99. The van der Waals surface area contributed by atoms with E-state index < -0.39 is 0 Å². The SMILES string of the molecule is C[C@H]1[C@H](NC(=O)c2cc3sc(Cl)cc3cn2)C2CCN1CC2. The van der Waals surface area contributed by atoms with E-state index in [1.54, 1.807) is 6.20 Å². The van der Waals surface area contributed by atoms with Crippen molar-refractivity contribution in [3.63, 3.8) is 0 Å². The van der Waals surface area contributed by atoms with Crippen molar-refractivity contribution in [2.24, 2.45) is 5.92 Å². The second kappa shape index (κ2) is 5.48. The van der Waals surface area contributed by atoms with E-state index in [4.69, 9.17) is 11.6 Å². The number of nitrogens with one attached hydrogen (secondary N) is 1. The van der Waals surface area contributed by atoms with Crippen molar-refractivity contribution in [2.75, 3.05) is 13.1 Å². The fourth-order valence-corrected chi connectivity index (χ4v) is 4.96. The molecule has 0 saturated carbocycles. The van der Waals surface area contributed by atoms with Crippen molar-refractivity contribution in [1.29, 1.82) is 0 Å². The van der Waals surface area contributed by atoms with Gasteiger partial charge in [0.15, 0.2) is 0 Å². The maximum atomic E-state index is 12.6. The van der Waals surface area contributed by atoms with Crippen LogP contribution < -0.4 is 5.32 Å². The van der Waals surface area contributed by atoms with E-state index >= 15 is 0 Å². The molecular weight excluding hydrogens is 318 g/mol. The lowest BCUT2D eigenvalue weighted by Crippen LogP contribution is -2.62. The van der Waals surface area contributed by atoms with Crippen molar-refractivity contribution in [1.82, 2.24) is 15.2 Å². The Morgan fingerprint density at radius 1 is 1.41 bits per heavy atom. The molecule has 3 fully saturated rings. The molecule has 3 saturated heterocycles. The molecule has 4 nitrogen and oxygen atoms in total. The van der Waals surface area contributed by atoms with Crippen molar-refractivity contribution in [3.05, 3.63) is 28.4 Å². The van der Waals surface area contributed by atoms with Crippen molar-refractivity contribution in [3.8, 4) is 0 Å². The fraction of sp³-hybridized carbons (Fsp3) is 0.500. The Balaban J connectivity index is 1.55. The van der Waals surface area contributed by atoms with Crippen LogP contribution in [0.15, 0.2) is 18.3 Å². The Hall–Kier alpha value is -1.17. The summed E-state index contributed by atoms with van der Waals surface area (Å²) in [6.07, 6.45) is 4.09. The molecule has 2 aromatic rings. The van der Waals surface area contributed by atoms with Crippen molar-refractivity contribution < 1.29 is 4.79 Å². The lowest BCUT2D eigenvalue weighted by atomic mass is 9.79. The highest BCUT2D eigenvalue weighted by Gasteiger charge is 2.40. The molecule has 2 aromatic heterocycles. The third-order valence-electron chi connectivity index (χ3n) is 5.08. The number of rotatable bonds is 2. The molecule has 2 bridgehead atoms. The lowest BCUT2D eigenvalue weighted by molar-refractivity contribution is 0.0216. The molecule has 2 atom stereocenters. The number of pyridine rings is 1. The number of hydrogen-bond donors (Lipinski definition) is 1. The van der Waals surface area contributed by atoms with E-state index in [1.165, 1.54) is 24.2 Å². The van der Waals surface area contributed by atoms with Gasteiger partial charge in [0, 0.05) is 28.4 Å². The number of thiophene rings is 1. The molecule has 5 heterocycles. The first kappa shape index (κ1) is 14.4. The summed E-state index contributed by atoms with van der Waals surface area (Å²) in [6, 6.07) is 4.37. The highest BCUT2D eigenvalue weighted by molar-refractivity contribution is 7.22. The first-order chi connectivity index (χ1) is 10.6. The number of aromatic nitrogens is 1. The molecule has 3 aliphatic rings. The van der Waals surface area contributed by atoms with Crippen LogP contribution in [-0.4, -0.2) is 41.0 Å². The monoisotopic (exact) mass is 335 g/mol. The summed E-state index contributed by atoms with van der Waals surface area (Å²) in [5.41, 5.74) is 0.481. The summed E-state index contributed by atoms with van der Waals surface area (Å²) in [6.45, 7) is 4.54. The van der Waals surface area contributed by atoms with E-state index in [9.17, 15) is 4.79 Å². The molecule has 0 aliphatic carbocycles. The van der Waals surface area contributed by atoms with Crippen LogP contribution in [0, 0.1) is 5.92 Å². The number of carbonyl (C=O) groups is 1. The summed E-state index contributed by atoms with van der Waals surface area (Å²) < 4.78 is 1.73. The highest BCUT2D eigenvalue weighted by Crippen LogP contribution is 2.32. The summed E-state index contributed by atoms with van der Waals surface area (Å²) >= 11 is 7.50. The summed E-state index contributed by atoms with van der Waals surface area (Å²) in [7, 11) is 0. The maximum Gasteiger partial charge on any atom is 0.270 e. The molecule has 0 unspecified atom stereocenters. The van der Waals surface area contributed by atoms with Crippen LogP contribution in [0.3, 0.4) is 0 Å². The number of nitrogens with zero attached hydrogens (tertiary/aromatic N) is 2. The maximum absolute atomic E-state index is 12.6. The third-order valence-corrected chi connectivity index (χ3v) is 6.31. The Morgan fingerprint density at radius 3 is 2.91 bits per heavy atom. The van der Waals surface area contributed by atoms with E-state index in [2.05, 4.69) is 22.1 Å². The first-order valence-corrected chi connectivity index (χ1v) is 8.91. The van der Waals surface area contributed by atoms with Crippen molar-refractivity contribution >= 4 is 38.9 Å². The van der Waals surface area contributed by atoms with Gasteiger partial charge in [-0.3, -0.25) is 14.7 Å². The number of piperidine rings is 3. The molecule has 6 heteroatoms. The van der Waals surface area contributed by atoms with E-state index in [-0.39, 0.29) is 11.9 Å². The highest BCUT2D eigenvalue weighted by atomic mass is 35.5. The zero-order valence-electron chi connectivity index (χ0n) is 12.4. The standard InChI is InChI=1S/C16H18ClN3OS/c1-9-15(10-2-4-20(9)5-3-10)19-16(21)12-7-13-11(8-18-12)6-14(17)22-13/h6-10,15H,2-5H2,1H3,(H,19,21)/t9-,15-/m0/s1. The molecule has 0 radical (unpaired) electrons. The van der Waals surface area contributed by atoms with Gasteiger partial charge in [-0.15, -0.1) is 11.3 Å². The molecule has 116 valence electrons. The topological polar surface area (TPSA) is 45.2 Å². The van der Waals surface area contributed by atoms with Gasteiger partial charge in [0.05, 0.1) is 4.34 Å². The lowest BCUT2D eigenvalue weighted by Gasteiger charge is -2.49. The molecule has 5 rings (SSSR count). The minimum Gasteiger partial charge on any atom is -0.346 e. The predicted molar refractivity (Wildman–Crippen MR) is 89.6 cm³/mol. The average molecular weight is 336 g/mol. The van der Waals surface area contributed by atoms with E-state index in [0.29, 0.717) is 17.7 Å². The fourth-order valence-electron chi connectivity index (χ4n) is 3.80. The molecule has 0 spiro atoms. The molecule has 22 heavy (non-hydrogen) atoms. The number of amides is 1. The van der Waals surface area contributed by atoms with Crippen LogP contribution >= 0.6 is 22.9 Å². The van der Waals surface area contributed by atoms with Gasteiger partial charge in [-0.05, 0) is 50.9 Å². The van der Waals surface area contributed by atoms with Gasteiger partial charge in [-0.1, -0.05) is 11.6 Å². The van der Waals surface area contributed by atoms with Crippen LogP contribution in [-0.2, 0) is 0 Å². The van der Waals surface area contributed by atoms with Gasteiger partial charge in [0.1, 0.15) is 5.69 Å². The van der Waals surface area contributed by atoms with Gasteiger partial charge in [-0.25, -0.2) is 0 Å². The average Bonchev–Trinajstić information content (AvgIpc) is 2.90. The number of carbonyl (C=O) groups excluding carboxylic acids is 1. The van der Waals surface area contributed by atoms with Crippen LogP contribution in [0.1, 0.15) is 30.3 Å². The number of fused-ring (bicyclic) bond motifs is 4. The zero-order chi connectivity index (χ0) is 15.3. The summed E-state index contributed by atoms with van der Waals surface area (Å²) in [5, 5.41) is 4.21. The van der Waals surface area contributed by atoms with Crippen LogP contribution in [0.4, 0.5) is 0 Å². The van der Waals surface area contributed by atoms with Gasteiger partial charge < -0.3 is 5.32 Å². The molecule has 3 aliphatic heterocycles. The van der Waals surface area contributed by atoms with E-state index in [0.717, 1.165) is 27.5 Å². The van der Waals surface area contributed by atoms with Gasteiger partial charge >= 0.3 is 0 Å². The summed E-state index contributed by atoms with van der Waals surface area (Å²) in [4.78, 5) is 19.3. The Kier molecular flexibility index (Phi) is 3.59. The Morgan fingerprint density at radius 2 is 2.18 bits per heavy atom. The predicted octanol–water partition coefficient (Wildman–Crippen LogP) is 3.16. The van der Waals surface area contributed by atoms with Crippen molar-refractivity contribution in [2.45, 2.75) is 31.8 Å². The zero-order valence-corrected chi connectivity index (χ0v) is 14.0. The summed E-state index contributed by atoms with van der Waals surface area (Å²) in [5.74, 6) is 0.529. The number of hydrogen-bond acceptors (Lipinski definition) is 4. The normalized spacial score (nSPS) is 30.6. The minimum atomic E-state index is -0.0722. The second-order valence-electron chi connectivity index (χ2n) is 6.27. The Labute approximate surface area is 138 Å². The smallest absolute Gasteiger partial charge is 0.270 e. The molecule has 1 amide bonds.